The molecule has 0 unspecified atom stereocenters. The quantitative estimate of drug-likeness (QED) is 0.162. The van der Waals surface area contributed by atoms with E-state index < -0.39 is 0 Å². The number of para-hydroxylation sites is 4. The highest BCUT2D eigenvalue weighted by atomic mass is 16.5. The van der Waals surface area contributed by atoms with E-state index in [-0.39, 0.29) is 6.71 Å². The molecule has 68 heavy (non-hydrogen) atoms. The largest absolute Gasteiger partial charge is 0.458 e. The van der Waals surface area contributed by atoms with Crippen LogP contribution in [0.25, 0.3) is 105 Å². The third-order valence-electron chi connectivity index (χ3n) is 15.1. The van der Waals surface area contributed by atoms with E-state index in [0.29, 0.717) is 0 Å². The number of rotatable bonds is 4. The van der Waals surface area contributed by atoms with Gasteiger partial charge in [0.2, 0.25) is 0 Å². The molecule has 0 saturated carbocycles. The maximum absolute atomic E-state index is 7.23. The Labute approximate surface area is 393 Å². The Morgan fingerprint density at radius 2 is 0.926 bits per heavy atom. The van der Waals surface area contributed by atoms with Crippen molar-refractivity contribution < 1.29 is 4.74 Å². The van der Waals surface area contributed by atoms with E-state index in [0.717, 1.165) is 22.9 Å². The first kappa shape index (κ1) is 37.7. The smallest absolute Gasteiger partial charge is 0.256 e. The summed E-state index contributed by atoms with van der Waals surface area (Å²) in [6, 6.07) is 74.4. The first-order chi connectivity index (χ1) is 33.5. The molecule has 0 bridgehead atoms. The third kappa shape index (κ3) is 5.10. The van der Waals surface area contributed by atoms with Crippen LogP contribution in [0, 0.1) is 20.8 Å². The van der Waals surface area contributed by atoms with Gasteiger partial charge < -0.3 is 18.4 Å². The minimum absolute atomic E-state index is 0.106. The monoisotopic (exact) mass is 867 g/mol. The average molecular weight is 868 g/mol. The minimum atomic E-state index is -0.106. The van der Waals surface area contributed by atoms with Crippen LogP contribution in [-0.4, -0.2) is 20.4 Å². The second-order valence-electron chi connectivity index (χ2n) is 19.0. The molecule has 0 spiro atoms. The molecule has 13 aromatic rings. The van der Waals surface area contributed by atoms with Crippen molar-refractivity contribution in [1.82, 2.24) is 13.7 Å². The summed E-state index contributed by atoms with van der Waals surface area (Å²) < 4.78 is 14.7. The molecule has 2 aliphatic rings. The maximum atomic E-state index is 7.23. The Bertz CT molecular complexity index is 4210. The number of hydrogen-bond acceptors (Lipinski definition) is 1. The summed E-state index contributed by atoms with van der Waals surface area (Å²) in [7, 11) is 0. The van der Waals surface area contributed by atoms with Gasteiger partial charge >= 0.3 is 0 Å². The van der Waals surface area contributed by atoms with Gasteiger partial charge in [0.15, 0.2) is 0 Å². The molecular weight excluding hydrogens is 826 g/mol. The summed E-state index contributed by atoms with van der Waals surface area (Å²) in [4.78, 5) is 0. The third-order valence-corrected chi connectivity index (χ3v) is 15.1. The van der Waals surface area contributed by atoms with E-state index in [1.165, 1.54) is 126 Å². The summed E-state index contributed by atoms with van der Waals surface area (Å²) in [5, 5.41) is 7.44. The van der Waals surface area contributed by atoms with Gasteiger partial charge in [0.25, 0.3) is 6.71 Å². The van der Waals surface area contributed by atoms with E-state index in [1.54, 1.807) is 0 Å². The van der Waals surface area contributed by atoms with Crippen LogP contribution in [0.4, 0.5) is 0 Å². The van der Waals surface area contributed by atoms with Gasteiger partial charge in [0, 0.05) is 54.9 Å². The van der Waals surface area contributed by atoms with Gasteiger partial charge in [-0.05, 0) is 143 Å². The maximum Gasteiger partial charge on any atom is 0.256 e. The van der Waals surface area contributed by atoms with E-state index in [4.69, 9.17) is 4.74 Å². The summed E-state index contributed by atoms with van der Waals surface area (Å²) in [5.74, 6) is 1.81. The molecule has 0 N–H and O–H groups in total. The molecule has 5 heteroatoms. The fourth-order valence-electron chi connectivity index (χ4n) is 12.5. The molecule has 4 nitrogen and oxygen atoms in total. The fraction of sp³-hybridized carbons (Fsp3) is 0.0476. The van der Waals surface area contributed by atoms with Crippen molar-refractivity contribution in [2.24, 2.45) is 0 Å². The second-order valence-corrected chi connectivity index (χ2v) is 19.0. The molecule has 0 amide bonds. The van der Waals surface area contributed by atoms with Crippen LogP contribution >= 0.6 is 0 Å². The first-order valence-electron chi connectivity index (χ1n) is 23.7. The van der Waals surface area contributed by atoms with Crippen molar-refractivity contribution >= 4 is 88.5 Å². The van der Waals surface area contributed by atoms with Crippen LogP contribution in [-0.2, 0) is 0 Å². The van der Waals surface area contributed by atoms with Crippen molar-refractivity contribution in [2.45, 2.75) is 20.8 Å². The van der Waals surface area contributed by atoms with Crippen LogP contribution in [0.3, 0.4) is 0 Å². The zero-order chi connectivity index (χ0) is 44.9. The molecule has 5 heterocycles. The summed E-state index contributed by atoms with van der Waals surface area (Å²) in [6.07, 6.45) is 0. The van der Waals surface area contributed by atoms with Gasteiger partial charge in [0.1, 0.15) is 11.5 Å². The Kier molecular flexibility index (Phi) is 7.62. The highest BCUT2D eigenvalue weighted by Crippen LogP contribution is 2.44. The molecule has 0 saturated heterocycles. The predicted octanol–water partition coefficient (Wildman–Crippen LogP) is 14.2. The van der Waals surface area contributed by atoms with Crippen molar-refractivity contribution in [3.63, 3.8) is 0 Å². The molecule has 0 atom stereocenters. The van der Waals surface area contributed by atoms with Gasteiger partial charge in [-0.15, -0.1) is 0 Å². The topological polar surface area (TPSA) is 24.0 Å². The van der Waals surface area contributed by atoms with Crippen LogP contribution in [0.5, 0.6) is 11.5 Å². The zero-order valence-electron chi connectivity index (χ0n) is 37.9. The van der Waals surface area contributed by atoms with E-state index in [2.05, 4.69) is 235 Å². The van der Waals surface area contributed by atoms with Crippen molar-refractivity contribution in [3.05, 3.63) is 217 Å². The van der Waals surface area contributed by atoms with E-state index in [9.17, 15) is 0 Å². The van der Waals surface area contributed by atoms with E-state index >= 15 is 0 Å². The number of aromatic nitrogens is 3. The lowest BCUT2D eigenvalue weighted by molar-refractivity contribution is 0.487. The Hall–Kier alpha value is -8.54. The van der Waals surface area contributed by atoms with Crippen molar-refractivity contribution in [2.75, 3.05) is 0 Å². The standard InChI is InChI=1S/C63H42BN3O/c1-37-29-38(2)61(39(3)30-37)42-32-58-62-60(33-42)68-59-28-25-41(40-15-5-4-6-16-40)31-51(59)64(62)52-36-44(66-55-23-13-9-19-47(55)48-20-10-14-24-56(48)66)35-50-49-34-43(26-27-57(49)67(58)63(50)52)65-53-21-11-7-17-45(53)46-18-8-12-22-54(46)65/h4-36H,1-3H3. The van der Waals surface area contributed by atoms with Gasteiger partial charge in [0.05, 0.1) is 27.6 Å². The highest BCUT2D eigenvalue weighted by Gasteiger charge is 2.42. The molecule has 0 fully saturated rings. The van der Waals surface area contributed by atoms with Crippen molar-refractivity contribution in [1.29, 1.82) is 0 Å². The van der Waals surface area contributed by atoms with Gasteiger partial charge in [-0.1, -0.05) is 133 Å². The Balaban J connectivity index is 1.10. The van der Waals surface area contributed by atoms with Crippen LogP contribution in [0.1, 0.15) is 16.7 Å². The van der Waals surface area contributed by atoms with Gasteiger partial charge in [-0.2, -0.15) is 0 Å². The lowest BCUT2D eigenvalue weighted by atomic mass is 9.34. The molecule has 2 aliphatic heterocycles. The van der Waals surface area contributed by atoms with Gasteiger partial charge in [-0.3, -0.25) is 0 Å². The number of aryl methyl sites for hydroxylation is 3. The summed E-state index contributed by atoms with van der Waals surface area (Å²) in [5.41, 5.74) is 22.9. The first-order valence-corrected chi connectivity index (χ1v) is 23.7. The fourth-order valence-corrected chi connectivity index (χ4v) is 12.5. The van der Waals surface area contributed by atoms with Crippen LogP contribution in [0.15, 0.2) is 200 Å². The second kappa shape index (κ2) is 13.8. The highest BCUT2D eigenvalue weighted by molar-refractivity contribution is 6.99. The van der Waals surface area contributed by atoms with Crippen LogP contribution < -0.4 is 21.1 Å². The lowest BCUT2D eigenvalue weighted by Gasteiger charge is -2.34. The molecule has 0 aliphatic carbocycles. The summed E-state index contributed by atoms with van der Waals surface area (Å²) >= 11 is 0. The van der Waals surface area contributed by atoms with E-state index in [1.807, 2.05) is 0 Å². The van der Waals surface area contributed by atoms with Crippen molar-refractivity contribution in [3.8, 4) is 50.8 Å². The molecular formula is C63H42BN3O. The Morgan fingerprint density at radius 3 is 1.56 bits per heavy atom. The number of nitrogens with zero attached hydrogens (tertiary/aromatic N) is 3. The predicted molar refractivity (Wildman–Crippen MR) is 286 cm³/mol. The number of fused-ring (bicyclic) bond motifs is 13. The lowest BCUT2D eigenvalue weighted by Crippen LogP contribution is -2.58. The molecule has 15 rings (SSSR count). The Morgan fingerprint density at radius 1 is 0.368 bits per heavy atom. The molecule has 10 aromatic carbocycles. The number of hydrogen-bond donors (Lipinski definition) is 0. The number of benzene rings is 10. The SMILES string of the molecule is Cc1cc(C)c(-c2cc3c4c(c2)-n2c5ccc(-n6c7ccccc7c7ccccc76)cc5c5cc(-n6c7ccccc7c7ccccc76)cc(c52)B4c2cc(-c4ccccc4)ccc2O3)c(C)c1. The zero-order valence-corrected chi connectivity index (χ0v) is 37.9. The van der Waals surface area contributed by atoms with Crippen LogP contribution in [0.2, 0.25) is 0 Å². The van der Waals surface area contributed by atoms with Gasteiger partial charge in [-0.25, -0.2) is 0 Å². The molecule has 318 valence electrons. The molecule has 3 aromatic heterocycles. The summed E-state index contributed by atoms with van der Waals surface area (Å²) in [6.45, 7) is 6.58. The average Bonchev–Trinajstić information content (AvgIpc) is 4.01. The minimum Gasteiger partial charge on any atom is -0.458 e. The normalized spacial score (nSPS) is 12.7. The molecule has 0 radical (unpaired) electrons. The number of ether oxygens (including phenoxy) is 1.